The molecule has 0 radical (unpaired) electrons. The second-order valence-electron chi connectivity index (χ2n) is 9.91. The summed E-state index contributed by atoms with van der Waals surface area (Å²) in [6, 6.07) is 52.2. The molecular formula is C37H28BrF2P. The summed E-state index contributed by atoms with van der Waals surface area (Å²) >= 11 is 0. The molecule has 0 unspecified atom stereocenters. The lowest BCUT2D eigenvalue weighted by molar-refractivity contribution is -0.00000889. The largest absolute Gasteiger partial charge is 1.00 e. The van der Waals surface area contributed by atoms with Crippen molar-refractivity contribution in [1.29, 1.82) is 0 Å². The maximum absolute atomic E-state index is 13.8. The lowest BCUT2D eigenvalue weighted by Gasteiger charge is -2.28. The zero-order valence-electron chi connectivity index (χ0n) is 22.3. The molecule has 0 aliphatic rings. The third-order valence-electron chi connectivity index (χ3n) is 7.36. The molecule has 0 N–H and O–H groups in total. The first-order valence-electron chi connectivity index (χ1n) is 13.3. The average Bonchev–Trinajstić information content (AvgIpc) is 3.02. The van der Waals surface area contributed by atoms with E-state index in [9.17, 15) is 8.78 Å². The van der Waals surface area contributed by atoms with Crippen LogP contribution in [0.1, 0.15) is 5.56 Å². The molecule has 6 rings (SSSR count). The van der Waals surface area contributed by atoms with Crippen molar-refractivity contribution in [3.05, 3.63) is 175 Å². The van der Waals surface area contributed by atoms with Crippen molar-refractivity contribution in [2.75, 3.05) is 0 Å². The van der Waals surface area contributed by atoms with E-state index in [1.54, 1.807) is 0 Å². The van der Waals surface area contributed by atoms with Gasteiger partial charge in [0.1, 0.15) is 34.8 Å². The maximum Gasteiger partial charge on any atom is 0.123 e. The van der Waals surface area contributed by atoms with Crippen LogP contribution in [0.3, 0.4) is 0 Å². The van der Waals surface area contributed by atoms with E-state index in [-0.39, 0.29) is 28.6 Å². The van der Waals surface area contributed by atoms with Crippen LogP contribution in [-0.2, 0) is 6.16 Å². The van der Waals surface area contributed by atoms with Gasteiger partial charge in [-0.1, -0.05) is 78.9 Å². The lowest BCUT2D eigenvalue weighted by atomic mass is 9.96. The van der Waals surface area contributed by atoms with Crippen LogP contribution in [0.15, 0.2) is 158 Å². The van der Waals surface area contributed by atoms with E-state index in [2.05, 4.69) is 109 Å². The van der Waals surface area contributed by atoms with Crippen LogP contribution in [0.25, 0.3) is 22.3 Å². The summed E-state index contributed by atoms with van der Waals surface area (Å²) < 4.78 is 27.6. The minimum atomic E-state index is -2.13. The van der Waals surface area contributed by atoms with Gasteiger partial charge in [0.25, 0.3) is 0 Å². The minimum absolute atomic E-state index is 0. The molecule has 0 aliphatic heterocycles. The molecule has 41 heavy (non-hydrogen) atoms. The fourth-order valence-electron chi connectivity index (χ4n) is 5.44. The Balaban J connectivity index is 0.00000337. The number of hydrogen-bond acceptors (Lipinski definition) is 0. The Kier molecular flexibility index (Phi) is 8.88. The van der Waals surface area contributed by atoms with Crippen molar-refractivity contribution in [2.45, 2.75) is 6.16 Å². The van der Waals surface area contributed by atoms with E-state index in [0.717, 1.165) is 28.4 Å². The normalized spacial score (nSPS) is 11.1. The standard InChI is InChI=1S/C37H28F2P.BrH/c38-33-20-16-29(17-21-33)31-24-28(25-32(26-31)30-18-22-34(39)23-19-30)27-40(35-10-4-1-5-11-35,36-12-6-2-7-13-36)37-14-8-3-9-15-37;/h1-26H,27H2;1H/q+1;/p-1. The Morgan fingerprint density at radius 3 is 1.07 bits per heavy atom. The molecular weight excluding hydrogens is 593 g/mol. The van der Waals surface area contributed by atoms with Crippen LogP contribution < -0.4 is 32.9 Å². The minimum Gasteiger partial charge on any atom is -1.00 e. The summed E-state index contributed by atoms with van der Waals surface area (Å²) in [5, 5.41) is 3.92. The van der Waals surface area contributed by atoms with Gasteiger partial charge >= 0.3 is 0 Å². The molecule has 0 aliphatic carbocycles. The topological polar surface area (TPSA) is 0 Å². The van der Waals surface area contributed by atoms with Crippen LogP contribution >= 0.6 is 7.26 Å². The molecule has 0 saturated heterocycles. The van der Waals surface area contributed by atoms with Crippen molar-refractivity contribution in [2.24, 2.45) is 0 Å². The van der Waals surface area contributed by atoms with Crippen molar-refractivity contribution in [1.82, 2.24) is 0 Å². The first kappa shape index (κ1) is 28.6. The summed E-state index contributed by atoms with van der Waals surface area (Å²) in [4.78, 5) is 0. The van der Waals surface area contributed by atoms with E-state index in [1.165, 1.54) is 45.7 Å². The Labute approximate surface area is 251 Å². The number of hydrogen-bond donors (Lipinski definition) is 0. The molecule has 0 spiro atoms. The Bertz CT molecular complexity index is 1540. The monoisotopic (exact) mass is 620 g/mol. The van der Waals surface area contributed by atoms with E-state index in [0.29, 0.717) is 0 Å². The van der Waals surface area contributed by atoms with Crippen LogP contribution in [-0.4, -0.2) is 0 Å². The summed E-state index contributed by atoms with van der Waals surface area (Å²) in [5.41, 5.74) is 5.06. The second-order valence-corrected chi connectivity index (χ2v) is 13.4. The third-order valence-corrected chi connectivity index (χ3v) is 11.7. The zero-order chi connectivity index (χ0) is 27.4. The SMILES string of the molecule is Fc1ccc(-c2cc(C[P+](c3ccccc3)(c3ccccc3)c3ccccc3)cc(-c3ccc(F)cc3)c2)cc1.[Br-]. The molecule has 6 aromatic rings. The molecule has 0 heterocycles. The molecule has 4 heteroatoms. The average molecular weight is 622 g/mol. The molecule has 0 nitrogen and oxygen atoms in total. The molecule has 0 bridgehead atoms. The summed E-state index contributed by atoms with van der Waals surface area (Å²) in [5.74, 6) is -0.526. The second kappa shape index (κ2) is 12.7. The van der Waals surface area contributed by atoms with Gasteiger partial charge in [-0.3, -0.25) is 0 Å². The molecule has 0 atom stereocenters. The van der Waals surface area contributed by atoms with Gasteiger partial charge in [0.2, 0.25) is 0 Å². The summed E-state index contributed by atoms with van der Waals surface area (Å²) in [7, 11) is -2.13. The van der Waals surface area contributed by atoms with Gasteiger partial charge in [0.15, 0.2) is 0 Å². The van der Waals surface area contributed by atoms with E-state index in [1.807, 2.05) is 24.3 Å². The van der Waals surface area contributed by atoms with Crippen LogP contribution in [0.5, 0.6) is 0 Å². The quantitative estimate of drug-likeness (QED) is 0.198. The molecule has 0 fully saturated rings. The first-order valence-corrected chi connectivity index (χ1v) is 15.3. The first-order chi connectivity index (χ1) is 19.6. The third kappa shape index (κ3) is 6.07. The predicted molar refractivity (Wildman–Crippen MR) is 166 cm³/mol. The highest BCUT2D eigenvalue weighted by Crippen LogP contribution is 2.58. The van der Waals surface area contributed by atoms with Gasteiger partial charge in [-0.25, -0.2) is 8.78 Å². The maximum atomic E-state index is 13.8. The highest BCUT2D eigenvalue weighted by molar-refractivity contribution is 7.95. The van der Waals surface area contributed by atoms with Crippen molar-refractivity contribution >= 4 is 23.2 Å². The number of benzene rings is 6. The fraction of sp³-hybridized carbons (Fsp3) is 0.0270. The van der Waals surface area contributed by atoms with Gasteiger partial charge in [-0.2, -0.15) is 0 Å². The Hall–Kier alpha value is -3.91. The highest BCUT2D eigenvalue weighted by atomic mass is 79.9. The van der Waals surface area contributed by atoms with Gasteiger partial charge in [0, 0.05) is 0 Å². The summed E-state index contributed by atoms with van der Waals surface area (Å²) in [6.45, 7) is 0. The highest BCUT2D eigenvalue weighted by Gasteiger charge is 2.45. The number of rotatable bonds is 7. The van der Waals surface area contributed by atoms with Gasteiger partial charge in [-0.05, 0) is 107 Å². The van der Waals surface area contributed by atoms with Crippen molar-refractivity contribution in [3.63, 3.8) is 0 Å². The molecule has 6 aromatic carbocycles. The molecule has 202 valence electrons. The van der Waals surface area contributed by atoms with Crippen molar-refractivity contribution < 1.29 is 25.8 Å². The predicted octanol–water partition coefficient (Wildman–Crippen LogP) is 5.80. The van der Waals surface area contributed by atoms with Crippen LogP contribution in [0, 0.1) is 11.6 Å². The van der Waals surface area contributed by atoms with E-state index in [4.69, 9.17) is 0 Å². The van der Waals surface area contributed by atoms with Crippen LogP contribution in [0.4, 0.5) is 8.78 Å². The summed E-state index contributed by atoms with van der Waals surface area (Å²) in [6.07, 6.45) is 0.800. The van der Waals surface area contributed by atoms with Gasteiger partial charge in [-0.15, -0.1) is 0 Å². The van der Waals surface area contributed by atoms with Gasteiger partial charge in [0.05, 0.1) is 6.16 Å². The number of halogens is 3. The van der Waals surface area contributed by atoms with E-state index >= 15 is 0 Å². The Morgan fingerprint density at radius 2 is 0.732 bits per heavy atom. The Morgan fingerprint density at radius 1 is 0.390 bits per heavy atom. The van der Waals surface area contributed by atoms with E-state index < -0.39 is 7.26 Å². The molecule has 0 aromatic heterocycles. The van der Waals surface area contributed by atoms with Crippen molar-refractivity contribution in [3.8, 4) is 22.3 Å². The molecule has 0 saturated carbocycles. The fourth-order valence-corrected chi connectivity index (χ4v) is 9.66. The lowest BCUT2D eigenvalue weighted by Crippen LogP contribution is -3.00. The van der Waals surface area contributed by atoms with Crippen LogP contribution in [0.2, 0.25) is 0 Å². The van der Waals surface area contributed by atoms with Gasteiger partial charge < -0.3 is 17.0 Å². The molecule has 0 amide bonds. The zero-order valence-corrected chi connectivity index (χ0v) is 24.8. The smallest absolute Gasteiger partial charge is 0.123 e.